The van der Waals surface area contributed by atoms with Gasteiger partial charge in [0.25, 0.3) is 30.4 Å². The second-order valence-electron chi connectivity index (χ2n) is 30.5. The number of fused-ring (bicyclic) bond motifs is 6. The van der Waals surface area contributed by atoms with Crippen LogP contribution in [0.4, 0.5) is 17.2 Å². The van der Waals surface area contributed by atoms with E-state index in [1.165, 1.54) is 36.5 Å². The number of benzene rings is 4. The molecule has 0 saturated carbocycles. The van der Waals surface area contributed by atoms with Gasteiger partial charge in [0.15, 0.2) is 11.5 Å². The highest BCUT2D eigenvalue weighted by Gasteiger charge is 2.48. The lowest BCUT2D eigenvalue weighted by Gasteiger charge is -2.27. The van der Waals surface area contributed by atoms with Gasteiger partial charge in [-0.3, -0.25) is 60.8 Å². The largest absolute Gasteiger partial charge is 0.748 e. The van der Waals surface area contributed by atoms with Crippen molar-refractivity contribution in [3.05, 3.63) is 125 Å². The number of hydrogen-bond acceptors (Lipinski definition) is 31. The molecule has 9 atom stereocenters. The number of phosphoric acid groups is 3. The molecule has 6 unspecified atom stereocenters. The summed E-state index contributed by atoms with van der Waals surface area (Å²) >= 11 is -0.750. The van der Waals surface area contributed by atoms with Crippen LogP contribution in [0, 0.1) is 11.8 Å². The maximum atomic E-state index is 14.2. The van der Waals surface area contributed by atoms with Crippen molar-refractivity contribution >= 4 is 161 Å². The molecule has 0 bridgehead atoms. The number of nitrogens with one attached hydrogen (secondary N) is 2. The third kappa shape index (κ3) is 29.6. The maximum Gasteiger partial charge on any atom is 0.490 e. The van der Waals surface area contributed by atoms with E-state index in [2.05, 4.69) is 33.3 Å². The molecule has 3 aliphatic rings. The Morgan fingerprint density at radius 2 is 1.28 bits per heavy atom. The van der Waals surface area contributed by atoms with E-state index in [1.807, 2.05) is 18.4 Å². The fourth-order valence-electron chi connectivity index (χ4n) is 14.9. The summed E-state index contributed by atoms with van der Waals surface area (Å²) in [5, 5.41) is 45.3. The van der Waals surface area contributed by atoms with Gasteiger partial charge in [0, 0.05) is 128 Å². The number of nitrogens with zero attached hydrogens (tertiary/aromatic N) is 4. The SMILES string of the molecule is CC1(C)C(=CC=CC=CC2=[N+](CCCCCC(=O)CC(CCC(=O)O)C(=O)NC(CCC(=O)O)C(=O)CC(CCC(=O)O)C(=O)NCCCCCCOP(=O)(O)OP(=O)(O)OP(=O)(O)OC[C@H]3O[C@@H](n4ccc(N)nc4=O)C[C@H]3O)c3ccc4c(S(=O)(=O)O)cc(S(=O)(=O)O)cc4c3C2(C)C)N(CCCS(=O)(=O)[O-])c2ccc3ccc(S(=O)(=O)O)cc3c21.O=S=O. The highest BCUT2D eigenvalue weighted by molar-refractivity contribution is 7.87. The molecule has 1 saturated heterocycles. The Morgan fingerprint density at radius 1 is 0.683 bits per heavy atom. The van der Waals surface area contributed by atoms with E-state index in [9.17, 15) is 139 Å². The van der Waals surface area contributed by atoms with Crippen LogP contribution in [-0.4, -0.2) is 213 Å². The lowest BCUT2D eigenvalue weighted by atomic mass is 9.79. The van der Waals surface area contributed by atoms with Crippen LogP contribution in [0.5, 0.6) is 0 Å². The zero-order valence-corrected chi connectivity index (χ0v) is 74.7. The van der Waals surface area contributed by atoms with Gasteiger partial charge in [-0.2, -0.15) is 51.9 Å². The van der Waals surface area contributed by atoms with Crippen molar-refractivity contribution < 1.29 is 170 Å². The number of phosphoric ester groups is 2. The zero-order valence-electron chi connectivity index (χ0n) is 67.9. The van der Waals surface area contributed by atoms with Gasteiger partial charge >= 0.3 is 58.6 Å². The Hall–Kier alpha value is -8.75. The van der Waals surface area contributed by atoms with E-state index in [1.54, 1.807) is 67.3 Å². The predicted molar refractivity (Wildman–Crippen MR) is 445 cm³/mol. The molecule has 1 fully saturated rings. The van der Waals surface area contributed by atoms with Gasteiger partial charge in [-0.15, -0.1) is 0 Å². The number of anilines is 2. The quantitative estimate of drug-likeness (QED) is 0.00650. The van der Waals surface area contributed by atoms with Crippen LogP contribution in [0.15, 0.2) is 122 Å². The molecule has 126 heavy (non-hydrogen) atoms. The third-order valence-electron chi connectivity index (χ3n) is 20.7. The number of aromatic nitrogens is 2. The number of aliphatic hydroxyl groups excluding tert-OH is 1. The Balaban J connectivity index is 0.00000715. The van der Waals surface area contributed by atoms with E-state index in [-0.39, 0.29) is 92.5 Å². The van der Waals surface area contributed by atoms with E-state index < -0.39 is 250 Å². The first-order valence-corrected chi connectivity index (χ1v) is 49.7. The number of aliphatic carboxylic acids is 3. The summed E-state index contributed by atoms with van der Waals surface area (Å²) < 4.78 is 222. The number of nitrogen functional groups attached to an aromatic ring is 1. The minimum atomic E-state index is -5.93. The summed E-state index contributed by atoms with van der Waals surface area (Å²) in [4.78, 5) is 137. The van der Waals surface area contributed by atoms with E-state index in [0.717, 1.165) is 10.6 Å². The average molecular weight is 1930 g/mol. The maximum absolute atomic E-state index is 14.2. The summed E-state index contributed by atoms with van der Waals surface area (Å²) in [7, 11) is -36.6. The Labute approximate surface area is 725 Å². The van der Waals surface area contributed by atoms with Crippen LogP contribution in [0.1, 0.15) is 161 Å². The number of carbonyl (C=O) groups is 7. The second-order valence-corrected chi connectivity index (χ2v) is 41.0. The number of carboxylic acids is 3. The molecule has 2 amide bonds. The van der Waals surface area contributed by atoms with Crippen molar-refractivity contribution in [2.75, 3.05) is 49.2 Å². The number of unbranched alkanes of at least 4 members (excludes halogenated alkanes) is 5. The molecule has 44 nitrogen and oxygen atoms in total. The topological polar surface area (TPSA) is 704 Å². The lowest BCUT2D eigenvalue weighted by molar-refractivity contribution is -0.438. The smallest absolute Gasteiger partial charge is 0.490 e. The number of hydrogen-bond donors (Lipinski definition) is 13. The molecule has 4 aromatic carbocycles. The normalized spacial score (nSPS) is 18.8. The number of ether oxygens (including phenoxy) is 1. The molecule has 0 spiro atoms. The van der Waals surface area contributed by atoms with Crippen molar-refractivity contribution in [3.8, 4) is 0 Å². The standard InChI is InChI=1S/C74H96N7O35P3S4.O2S/c1-73(2)61(80(34-15-37-120(100,101)102)55-26-20-45-19-23-49(121(103,104)105)40-52(45)68(55)73)17-10-7-11-18-62-74(3,4)69-53-41-50(122(106,107)108)42-60(123(109,110)111)51(53)24-27-56(69)79(62)33-13-8-9-16-48(82)38-46(21-28-65(85)86)71(92)77-54(25-30-67(89)90)57(83)39-47(22-29-66(87)88)70(91)76-32-12-5-6-14-36-112-117(94,95)115-119(98,99)116-118(96,97)113-44-59-58(84)43-64(114-59)81-35-31-63(75)78-72(81)93;1-3-2/h7,10-11,17-20,23-24,26-27,31,35,40-42,46-47,54,58-59,64,84H,5-6,8-9,12-16,21-22,25,28-30,32-34,36-39,43-44H2,1-4H3,(H13-,75,76,77,78,85,86,87,88,89,90,91,92,93,94,95,96,97,98,99,100,101,102,103,104,105,106,107,108,109,110,111);/t46?,47?,54?,58-,59-,64-;/m1./s1. The monoisotopic (exact) mass is 1930 g/mol. The molecule has 14 N–H and O–H groups in total. The van der Waals surface area contributed by atoms with Gasteiger partial charge in [-0.1, -0.05) is 57.0 Å². The molecule has 8 rings (SSSR count). The summed E-state index contributed by atoms with van der Waals surface area (Å²) in [6.07, 6.45) is 1.72. The van der Waals surface area contributed by atoms with Gasteiger partial charge in [-0.05, 0) is 135 Å². The molecule has 1 aromatic heterocycles. The first-order chi connectivity index (χ1) is 58.5. The number of amides is 2. The molecule has 5 aromatic rings. The molecule has 52 heteroatoms. The number of carboxylic acid groups (broad SMARTS) is 3. The molecule has 694 valence electrons. The van der Waals surface area contributed by atoms with Crippen molar-refractivity contribution in [1.82, 2.24) is 20.2 Å². The van der Waals surface area contributed by atoms with E-state index >= 15 is 0 Å². The highest BCUT2D eigenvalue weighted by Crippen LogP contribution is 2.68. The minimum Gasteiger partial charge on any atom is -0.748 e. The van der Waals surface area contributed by atoms with E-state index in [4.69, 9.17) is 18.9 Å². The summed E-state index contributed by atoms with van der Waals surface area (Å²) in [6.45, 7) is 5.69. The highest BCUT2D eigenvalue weighted by atomic mass is 32.2. The molecule has 0 radical (unpaired) electrons. The number of carbonyl (C=O) groups excluding carboxylic acids is 4. The van der Waals surface area contributed by atoms with Crippen molar-refractivity contribution in [1.29, 1.82) is 0 Å². The Bertz CT molecular complexity index is 5860. The third-order valence-corrected chi connectivity index (χ3v) is 28.3. The van der Waals surface area contributed by atoms with Crippen LogP contribution < -0.4 is 27.0 Å². The first kappa shape index (κ1) is 104. The predicted octanol–water partition coefficient (Wildman–Crippen LogP) is 6.49. The molecular formula is C74H96N7O37P3S5. The van der Waals surface area contributed by atoms with E-state index in [0.29, 0.717) is 63.6 Å². The minimum absolute atomic E-state index is 0.0187. The van der Waals surface area contributed by atoms with Crippen molar-refractivity contribution in [3.63, 3.8) is 0 Å². The number of ketones is 2. The molecular weight excluding hydrogens is 1830 g/mol. The lowest BCUT2D eigenvalue weighted by Crippen LogP contribution is -2.46. The van der Waals surface area contributed by atoms with Gasteiger partial charge in [0.1, 0.15) is 35.4 Å². The fourth-order valence-corrected chi connectivity index (χ4v) is 20.8. The van der Waals surface area contributed by atoms with Crippen molar-refractivity contribution in [2.24, 2.45) is 11.8 Å². The Morgan fingerprint density at radius 3 is 1.89 bits per heavy atom. The van der Waals surface area contributed by atoms with Gasteiger partial charge in [-0.25, -0.2) is 26.9 Å². The van der Waals surface area contributed by atoms with Crippen LogP contribution in [0.25, 0.3) is 21.5 Å². The second kappa shape index (κ2) is 44.0. The number of Topliss-reactive ketones (excluding diaryl/α,β-unsaturated/α-hetero) is 2. The summed E-state index contributed by atoms with van der Waals surface area (Å²) in [5.41, 5.74) is 5.63. The number of allylic oxidation sites excluding steroid dienone is 6. The van der Waals surface area contributed by atoms with Crippen LogP contribution in [-0.2, 0) is 133 Å². The Kier molecular flexibility index (Phi) is 36.5. The fraction of sp³-hybridized carbons (Fsp3) is 0.486. The number of nitrogens with two attached hydrogens (primary N) is 1. The molecule has 0 aliphatic carbocycles. The van der Waals surface area contributed by atoms with Crippen molar-refractivity contribution in [2.45, 2.75) is 193 Å². The average Bonchev–Trinajstić information content (AvgIpc) is 1.56. The number of rotatable bonds is 49. The molecule has 4 heterocycles. The molecule has 3 aliphatic heterocycles. The van der Waals surface area contributed by atoms with Gasteiger partial charge in [0.05, 0.1) is 50.7 Å². The van der Waals surface area contributed by atoms with Gasteiger partial charge in [0.2, 0.25) is 17.5 Å². The van der Waals surface area contributed by atoms with Crippen LogP contribution >= 0.6 is 23.5 Å². The summed E-state index contributed by atoms with van der Waals surface area (Å²) in [6, 6.07) is 11.8. The summed E-state index contributed by atoms with van der Waals surface area (Å²) in [5.74, 6) is -11.1. The number of aliphatic hydroxyl groups is 1. The van der Waals surface area contributed by atoms with Crippen LogP contribution in [0.3, 0.4) is 0 Å². The zero-order chi connectivity index (χ0) is 94.0. The van der Waals surface area contributed by atoms with Crippen LogP contribution in [0.2, 0.25) is 0 Å². The first-order valence-electron chi connectivity index (χ1n) is 38.6. The van der Waals surface area contributed by atoms with Gasteiger partial charge < -0.3 is 65.7 Å².